The molecule has 1 aromatic rings. The third kappa shape index (κ3) is 10.6. The molecule has 0 bridgehead atoms. The summed E-state index contributed by atoms with van der Waals surface area (Å²) in [5, 5.41) is 31.4. The number of aryl methyl sites for hydroxylation is 1. The van der Waals surface area contributed by atoms with Gasteiger partial charge in [0, 0.05) is 5.57 Å². The van der Waals surface area contributed by atoms with E-state index in [4.69, 9.17) is 14.2 Å². The third-order valence-corrected chi connectivity index (χ3v) is 8.79. The van der Waals surface area contributed by atoms with Gasteiger partial charge in [-0.3, -0.25) is 0 Å². The zero-order valence-corrected chi connectivity index (χ0v) is 26.6. The van der Waals surface area contributed by atoms with Crippen molar-refractivity contribution in [1.82, 2.24) is 0 Å². The molecule has 0 amide bonds. The van der Waals surface area contributed by atoms with E-state index in [9.17, 15) is 20.1 Å². The maximum absolute atomic E-state index is 12.6. The van der Waals surface area contributed by atoms with Gasteiger partial charge in [0.05, 0.1) is 18.8 Å². The molecule has 3 N–H and O–H groups in total. The van der Waals surface area contributed by atoms with E-state index < -0.39 is 36.2 Å². The fourth-order valence-corrected chi connectivity index (χ4v) is 5.63. The number of aliphatic hydroxyl groups excluding tert-OH is 2. The number of hydrogen-bond donors (Lipinski definition) is 3. The van der Waals surface area contributed by atoms with E-state index in [-0.39, 0.29) is 12.5 Å². The molecule has 7 nitrogen and oxygen atoms in total. The highest BCUT2D eigenvalue weighted by Crippen LogP contribution is 2.33. The second kappa shape index (κ2) is 16.2. The predicted octanol–water partition coefficient (Wildman–Crippen LogP) is 6.00. The lowest BCUT2D eigenvalue weighted by atomic mass is 9.78. The predicted molar refractivity (Wildman–Crippen MR) is 165 cm³/mol. The zero-order chi connectivity index (χ0) is 30.9. The van der Waals surface area contributed by atoms with Crippen LogP contribution in [0.5, 0.6) is 0 Å². The summed E-state index contributed by atoms with van der Waals surface area (Å²) >= 11 is 0. The van der Waals surface area contributed by atoms with Crippen molar-refractivity contribution < 1.29 is 34.3 Å². The number of rotatable bonds is 14. The number of aliphatic hydroxyl groups is 3. The highest BCUT2D eigenvalue weighted by Gasteiger charge is 2.41. The van der Waals surface area contributed by atoms with Crippen molar-refractivity contribution in [2.75, 3.05) is 13.2 Å². The van der Waals surface area contributed by atoms with Crippen LogP contribution in [-0.2, 0) is 25.4 Å². The van der Waals surface area contributed by atoms with E-state index >= 15 is 0 Å². The van der Waals surface area contributed by atoms with Crippen LogP contribution in [0.15, 0.2) is 47.6 Å². The molecule has 1 fully saturated rings. The van der Waals surface area contributed by atoms with Gasteiger partial charge in [-0.15, -0.1) is 0 Å². The standard InChI is InChI=1S/C35H54O7/c1-23(2)28-17-13-26(14-18-28)12-8-10-25(4)33(38)42-30-22-41-34(32(37)31(30)36)40-21-24(3)9-7-11-27-15-19-29(20-16-27)35(5,6)39/h10,13-15,17-18,23-24,29-32,34,36-37,39H,7-9,11-12,16,19-22H2,1-6H3/b25-10+/t24-,29+,30+,31+,32+,34-/m1/s1. The van der Waals surface area contributed by atoms with Crippen LogP contribution in [0.1, 0.15) is 104 Å². The SMILES string of the molecule is C/C(=C\CCc1ccc(C(C)C)cc1)C(=O)O[C@H]1CO[C@@H](OC[C@H](C)CCCC2=CC[C@H](C(C)(C)O)CC2)[C@@H](O)[C@H]1O. The molecule has 236 valence electrons. The van der Waals surface area contributed by atoms with E-state index in [1.54, 1.807) is 6.92 Å². The summed E-state index contributed by atoms with van der Waals surface area (Å²) < 4.78 is 16.9. The van der Waals surface area contributed by atoms with E-state index in [0.29, 0.717) is 30.4 Å². The van der Waals surface area contributed by atoms with Gasteiger partial charge in [-0.25, -0.2) is 4.79 Å². The molecule has 0 aromatic heterocycles. The highest BCUT2D eigenvalue weighted by atomic mass is 16.7. The van der Waals surface area contributed by atoms with Crippen LogP contribution in [0.2, 0.25) is 0 Å². The molecule has 6 atom stereocenters. The Bertz CT molecular complexity index is 1040. The van der Waals surface area contributed by atoms with Crippen LogP contribution < -0.4 is 0 Å². The van der Waals surface area contributed by atoms with Crippen molar-refractivity contribution in [3.63, 3.8) is 0 Å². The first kappa shape index (κ1) is 34.5. The fraction of sp³-hybridized carbons (Fsp3) is 0.686. The Hall–Kier alpha value is -2.03. The van der Waals surface area contributed by atoms with Gasteiger partial charge in [0.1, 0.15) is 12.2 Å². The second-order valence-electron chi connectivity index (χ2n) is 13.3. The molecule has 1 aliphatic heterocycles. The Labute approximate surface area is 253 Å². The monoisotopic (exact) mass is 586 g/mol. The number of benzene rings is 1. The van der Waals surface area contributed by atoms with Crippen molar-refractivity contribution in [3.05, 3.63) is 58.7 Å². The molecule has 42 heavy (non-hydrogen) atoms. The maximum Gasteiger partial charge on any atom is 0.333 e. The van der Waals surface area contributed by atoms with E-state index in [1.165, 1.54) is 16.7 Å². The summed E-state index contributed by atoms with van der Waals surface area (Å²) in [6.07, 6.45) is 7.24. The molecule has 2 aliphatic rings. The minimum absolute atomic E-state index is 0.0434. The number of ether oxygens (including phenoxy) is 3. The van der Waals surface area contributed by atoms with Crippen LogP contribution in [0.25, 0.3) is 0 Å². The van der Waals surface area contributed by atoms with Crippen molar-refractivity contribution in [1.29, 1.82) is 0 Å². The Kier molecular flexibility index (Phi) is 13.3. The second-order valence-corrected chi connectivity index (χ2v) is 13.3. The van der Waals surface area contributed by atoms with Gasteiger partial charge < -0.3 is 29.5 Å². The Balaban J connectivity index is 1.34. The number of carbonyl (C=O) groups is 1. The normalized spacial score (nSPS) is 26.2. The van der Waals surface area contributed by atoms with Crippen molar-refractivity contribution >= 4 is 5.97 Å². The first-order valence-corrected chi connectivity index (χ1v) is 15.8. The zero-order valence-electron chi connectivity index (χ0n) is 26.6. The van der Waals surface area contributed by atoms with Crippen molar-refractivity contribution in [2.24, 2.45) is 11.8 Å². The lowest BCUT2D eigenvalue weighted by molar-refractivity contribution is -0.275. The molecule has 1 saturated heterocycles. The molecule has 1 aliphatic carbocycles. The summed E-state index contributed by atoms with van der Waals surface area (Å²) in [5.74, 6) is 0.566. The molecule has 1 heterocycles. The number of hydrogen-bond acceptors (Lipinski definition) is 7. The Morgan fingerprint density at radius 2 is 1.83 bits per heavy atom. The molecule has 7 heteroatoms. The van der Waals surface area contributed by atoms with Gasteiger partial charge in [-0.1, -0.05) is 62.8 Å². The number of allylic oxidation sites excluding steroid dienone is 3. The highest BCUT2D eigenvalue weighted by molar-refractivity contribution is 5.87. The van der Waals surface area contributed by atoms with Gasteiger partial charge >= 0.3 is 5.97 Å². The average Bonchev–Trinajstić information content (AvgIpc) is 2.95. The van der Waals surface area contributed by atoms with Gasteiger partial charge in [-0.05, 0) is 101 Å². The van der Waals surface area contributed by atoms with Crippen LogP contribution in [0.4, 0.5) is 0 Å². The smallest absolute Gasteiger partial charge is 0.333 e. The van der Waals surface area contributed by atoms with Crippen LogP contribution in [-0.4, -0.2) is 64.7 Å². The molecule has 1 aromatic carbocycles. The molecule has 3 rings (SSSR count). The summed E-state index contributed by atoms with van der Waals surface area (Å²) in [6, 6.07) is 8.53. The molecule has 0 unspecified atom stereocenters. The molecular weight excluding hydrogens is 532 g/mol. The van der Waals surface area contributed by atoms with Crippen molar-refractivity contribution in [3.8, 4) is 0 Å². The first-order valence-electron chi connectivity index (χ1n) is 15.8. The number of carbonyl (C=O) groups excluding carboxylic acids is 1. The summed E-state index contributed by atoms with van der Waals surface area (Å²) in [6.45, 7) is 12.3. The van der Waals surface area contributed by atoms with E-state index in [2.05, 4.69) is 51.1 Å². The molecular formula is C35H54O7. The van der Waals surface area contributed by atoms with Crippen LogP contribution >= 0.6 is 0 Å². The summed E-state index contributed by atoms with van der Waals surface area (Å²) in [4.78, 5) is 12.6. The van der Waals surface area contributed by atoms with E-state index in [1.807, 2.05) is 19.9 Å². The van der Waals surface area contributed by atoms with Gasteiger partial charge in [0.2, 0.25) is 0 Å². The summed E-state index contributed by atoms with van der Waals surface area (Å²) in [7, 11) is 0. The van der Waals surface area contributed by atoms with E-state index in [0.717, 1.165) is 44.9 Å². The Morgan fingerprint density at radius 1 is 1.12 bits per heavy atom. The largest absolute Gasteiger partial charge is 0.454 e. The van der Waals surface area contributed by atoms with Gasteiger partial charge in [0.15, 0.2) is 12.4 Å². The van der Waals surface area contributed by atoms with Crippen molar-refractivity contribution in [2.45, 2.75) is 129 Å². The first-order chi connectivity index (χ1) is 19.8. The molecule has 0 radical (unpaired) electrons. The Morgan fingerprint density at radius 3 is 2.45 bits per heavy atom. The quantitative estimate of drug-likeness (QED) is 0.140. The number of esters is 1. The fourth-order valence-electron chi connectivity index (χ4n) is 5.63. The van der Waals surface area contributed by atoms with Crippen LogP contribution in [0, 0.1) is 11.8 Å². The van der Waals surface area contributed by atoms with Gasteiger partial charge in [-0.2, -0.15) is 0 Å². The summed E-state index contributed by atoms with van der Waals surface area (Å²) in [5.41, 5.74) is 3.83. The lowest BCUT2D eigenvalue weighted by Crippen LogP contribution is -2.55. The lowest BCUT2D eigenvalue weighted by Gasteiger charge is -2.37. The van der Waals surface area contributed by atoms with Gasteiger partial charge in [0.25, 0.3) is 0 Å². The maximum atomic E-state index is 12.6. The topological polar surface area (TPSA) is 105 Å². The average molecular weight is 587 g/mol. The van der Waals surface area contributed by atoms with Crippen LogP contribution in [0.3, 0.4) is 0 Å². The minimum Gasteiger partial charge on any atom is -0.454 e. The molecule has 0 spiro atoms. The molecule has 0 saturated carbocycles. The third-order valence-electron chi connectivity index (χ3n) is 8.79. The minimum atomic E-state index is -1.31.